The van der Waals surface area contributed by atoms with Crippen molar-refractivity contribution in [2.45, 2.75) is 20.8 Å². The molecule has 0 aliphatic heterocycles. The van der Waals surface area contributed by atoms with Crippen LogP contribution in [0.2, 0.25) is 0 Å². The maximum atomic E-state index is 13.2. The summed E-state index contributed by atoms with van der Waals surface area (Å²) >= 11 is 0. The Hall–Kier alpha value is -5.45. The van der Waals surface area contributed by atoms with Crippen molar-refractivity contribution in [2.75, 3.05) is 26.4 Å². The molecule has 0 saturated carbocycles. The standard InChI is InChI=1S/C33H32O11/c1-22(26-12-6-5-7-13-26)39-18-33(19-40-23(2)34,20-41-31(37)27-14-8-10-16-29(27)43-24(3)35)21-42-32(38)28-15-9-11-17-30(28)44-25(4)36/h5-17H,1,18-21H2,2-4H3. The molecule has 0 unspecified atom stereocenters. The Labute approximate surface area is 254 Å². The van der Waals surface area contributed by atoms with Gasteiger partial charge in [-0.3, -0.25) is 14.4 Å². The van der Waals surface area contributed by atoms with Gasteiger partial charge in [-0.1, -0.05) is 61.2 Å². The van der Waals surface area contributed by atoms with Crippen LogP contribution in [0.25, 0.3) is 5.76 Å². The average molecular weight is 605 g/mol. The summed E-state index contributed by atoms with van der Waals surface area (Å²) in [5.41, 5.74) is -0.855. The van der Waals surface area contributed by atoms with Gasteiger partial charge in [0.05, 0.1) is 0 Å². The molecule has 0 radical (unpaired) electrons. The van der Waals surface area contributed by atoms with Gasteiger partial charge in [0.25, 0.3) is 0 Å². The van der Waals surface area contributed by atoms with E-state index in [1.165, 1.54) is 45.0 Å². The van der Waals surface area contributed by atoms with Crippen LogP contribution in [0, 0.1) is 5.41 Å². The minimum atomic E-state index is -1.44. The van der Waals surface area contributed by atoms with Crippen LogP contribution in [0.5, 0.6) is 11.5 Å². The number of benzene rings is 3. The molecule has 3 aromatic rings. The smallest absolute Gasteiger partial charge is 0.341 e. The normalized spacial score (nSPS) is 10.6. The van der Waals surface area contributed by atoms with Crippen molar-refractivity contribution in [1.29, 1.82) is 0 Å². The SMILES string of the molecule is C=C(OCC(COC(C)=O)(COC(=O)c1ccccc1OC(C)=O)COC(=O)c1ccccc1OC(C)=O)c1ccccc1. The summed E-state index contributed by atoms with van der Waals surface area (Å²) in [6.45, 7) is 5.93. The van der Waals surface area contributed by atoms with E-state index >= 15 is 0 Å². The summed E-state index contributed by atoms with van der Waals surface area (Å²) < 4.78 is 32.7. The van der Waals surface area contributed by atoms with Crippen molar-refractivity contribution in [1.82, 2.24) is 0 Å². The lowest BCUT2D eigenvalue weighted by atomic mass is 9.92. The fourth-order valence-corrected chi connectivity index (χ4v) is 3.80. The van der Waals surface area contributed by atoms with Gasteiger partial charge in [0.1, 0.15) is 60.2 Å². The number of esters is 5. The number of hydrogen-bond donors (Lipinski definition) is 0. The van der Waals surface area contributed by atoms with E-state index in [1.54, 1.807) is 48.5 Å². The zero-order valence-corrected chi connectivity index (χ0v) is 24.5. The van der Waals surface area contributed by atoms with E-state index in [9.17, 15) is 24.0 Å². The van der Waals surface area contributed by atoms with Crippen molar-refractivity contribution in [3.05, 3.63) is 102 Å². The molecular weight excluding hydrogens is 572 g/mol. The van der Waals surface area contributed by atoms with Gasteiger partial charge >= 0.3 is 29.8 Å². The van der Waals surface area contributed by atoms with Crippen molar-refractivity contribution >= 4 is 35.6 Å². The monoisotopic (exact) mass is 604 g/mol. The first-order chi connectivity index (χ1) is 21.0. The molecule has 0 atom stereocenters. The third kappa shape index (κ3) is 9.83. The third-order valence-corrected chi connectivity index (χ3v) is 5.97. The molecule has 230 valence electrons. The fraction of sp³-hybridized carbons (Fsp3) is 0.242. The molecule has 3 rings (SSSR count). The highest BCUT2D eigenvalue weighted by Crippen LogP contribution is 2.28. The lowest BCUT2D eigenvalue weighted by Gasteiger charge is -2.32. The highest BCUT2D eigenvalue weighted by Gasteiger charge is 2.38. The summed E-state index contributed by atoms with van der Waals surface area (Å²) in [6.07, 6.45) is 0. The largest absolute Gasteiger partial charge is 0.493 e. The molecule has 11 heteroatoms. The molecule has 0 amide bonds. The molecule has 0 bridgehead atoms. The molecule has 0 aliphatic rings. The minimum absolute atomic E-state index is 0.0159. The van der Waals surface area contributed by atoms with Crippen molar-refractivity contribution < 1.29 is 52.4 Å². The number of ether oxygens (including phenoxy) is 6. The molecule has 3 aromatic carbocycles. The Bertz CT molecular complexity index is 1440. The Morgan fingerprint density at radius 3 is 1.41 bits per heavy atom. The second-order valence-corrected chi connectivity index (χ2v) is 9.69. The summed E-state index contributed by atoms with van der Waals surface area (Å²) in [6, 6.07) is 20.9. The lowest BCUT2D eigenvalue weighted by molar-refractivity contribution is -0.148. The van der Waals surface area contributed by atoms with Crippen molar-refractivity contribution in [3.63, 3.8) is 0 Å². The van der Waals surface area contributed by atoms with Gasteiger partial charge < -0.3 is 28.4 Å². The summed E-state index contributed by atoms with van der Waals surface area (Å²) in [4.78, 5) is 61.3. The van der Waals surface area contributed by atoms with Crippen LogP contribution in [0.3, 0.4) is 0 Å². The number of carbonyl (C=O) groups is 5. The Morgan fingerprint density at radius 2 is 0.955 bits per heavy atom. The number of carbonyl (C=O) groups excluding carboxylic acids is 5. The van der Waals surface area contributed by atoms with Gasteiger partial charge in [0.2, 0.25) is 0 Å². The van der Waals surface area contributed by atoms with E-state index in [-0.39, 0.29) is 41.6 Å². The van der Waals surface area contributed by atoms with E-state index in [1.807, 2.05) is 6.07 Å². The zero-order valence-electron chi connectivity index (χ0n) is 24.5. The predicted octanol–water partition coefficient (Wildman–Crippen LogP) is 4.79. The lowest BCUT2D eigenvalue weighted by Crippen LogP contribution is -2.43. The van der Waals surface area contributed by atoms with Crippen LogP contribution in [0.15, 0.2) is 85.4 Å². The molecule has 0 aromatic heterocycles. The van der Waals surface area contributed by atoms with Gasteiger partial charge in [-0.2, -0.15) is 0 Å². The van der Waals surface area contributed by atoms with Gasteiger partial charge in [-0.25, -0.2) is 9.59 Å². The quantitative estimate of drug-likeness (QED) is 0.109. The Kier molecular flexibility index (Phi) is 11.8. The molecule has 11 nitrogen and oxygen atoms in total. The minimum Gasteiger partial charge on any atom is -0.493 e. The molecule has 0 aliphatic carbocycles. The third-order valence-electron chi connectivity index (χ3n) is 5.97. The second kappa shape index (κ2) is 15.7. The van der Waals surface area contributed by atoms with Crippen LogP contribution in [0.1, 0.15) is 47.1 Å². The van der Waals surface area contributed by atoms with Crippen LogP contribution in [-0.2, 0) is 33.3 Å². The first kappa shape index (κ1) is 33.1. The molecule has 0 saturated heterocycles. The molecule has 0 heterocycles. The maximum Gasteiger partial charge on any atom is 0.341 e. The Balaban J connectivity index is 1.91. The van der Waals surface area contributed by atoms with E-state index < -0.39 is 48.5 Å². The predicted molar refractivity (Wildman–Crippen MR) is 157 cm³/mol. The van der Waals surface area contributed by atoms with Crippen LogP contribution >= 0.6 is 0 Å². The van der Waals surface area contributed by atoms with E-state index in [2.05, 4.69) is 6.58 Å². The summed E-state index contributed by atoms with van der Waals surface area (Å²) in [7, 11) is 0. The molecule has 0 N–H and O–H groups in total. The van der Waals surface area contributed by atoms with Crippen LogP contribution in [-0.4, -0.2) is 56.3 Å². The fourth-order valence-electron chi connectivity index (χ4n) is 3.80. The first-order valence-corrected chi connectivity index (χ1v) is 13.4. The topological polar surface area (TPSA) is 141 Å². The van der Waals surface area contributed by atoms with Crippen LogP contribution < -0.4 is 9.47 Å². The Morgan fingerprint density at radius 1 is 0.545 bits per heavy atom. The highest BCUT2D eigenvalue weighted by molar-refractivity contribution is 5.94. The van der Waals surface area contributed by atoms with Gasteiger partial charge in [-0.15, -0.1) is 0 Å². The maximum absolute atomic E-state index is 13.2. The van der Waals surface area contributed by atoms with Crippen molar-refractivity contribution in [3.8, 4) is 11.5 Å². The summed E-state index contributed by atoms with van der Waals surface area (Å²) in [5.74, 6) is -3.41. The molecule has 0 spiro atoms. The first-order valence-electron chi connectivity index (χ1n) is 13.4. The molecule has 0 fully saturated rings. The zero-order chi connectivity index (χ0) is 32.1. The van der Waals surface area contributed by atoms with Crippen LogP contribution in [0.4, 0.5) is 0 Å². The molecular formula is C33H32O11. The average Bonchev–Trinajstić information content (AvgIpc) is 3.00. The van der Waals surface area contributed by atoms with Crippen molar-refractivity contribution in [2.24, 2.45) is 5.41 Å². The van der Waals surface area contributed by atoms with Gasteiger partial charge in [-0.05, 0) is 24.3 Å². The second-order valence-electron chi connectivity index (χ2n) is 9.69. The number of para-hydroxylation sites is 2. The molecule has 44 heavy (non-hydrogen) atoms. The van der Waals surface area contributed by atoms with E-state index in [0.29, 0.717) is 5.56 Å². The van der Waals surface area contributed by atoms with E-state index in [0.717, 1.165) is 0 Å². The highest BCUT2D eigenvalue weighted by atomic mass is 16.6. The van der Waals surface area contributed by atoms with Gasteiger partial charge in [0, 0.05) is 26.3 Å². The summed E-state index contributed by atoms with van der Waals surface area (Å²) in [5, 5.41) is 0. The van der Waals surface area contributed by atoms with E-state index in [4.69, 9.17) is 28.4 Å². The number of hydrogen-bond acceptors (Lipinski definition) is 11. The van der Waals surface area contributed by atoms with Gasteiger partial charge in [0.15, 0.2) is 0 Å². The number of rotatable bonds is 14.